The molecule has 0 saturated carbocycles. The van der Waals surface area contributed by atoms with Crippen LogP contribution in [0.2, 0.25) is 0 Å². The van der Waals surface area contributed by atoms with Gasteiger partial charge in [-0.1, -0.05) is 6.08 Å². The summed E-state index contributed by atoms with van der Waals surface area (Å²) in [6.45, 7) is 2.02. The average molecular weight is 463 g/mol. The van der Waals surface area contributed by atoms with Crippen LogP contribution in [0.1, 0.15) is 18.4 Å². The number of anilines is 3. The minimum atomic E-state index is 0.500. The van der Waals surface area contributed by atoms with E-state index in [2.05, 4.69) is 56.4 Å². The zero-order valence-corrected chi connectivity index (χ0v) is 20.4. The van der Waals surface area contributed by atoms with Crippen molar-refractivity contribution in [3.8, 4) is 17.0 Å². The molecule has 0 unspecified atom stereocenters. The number of benzene rings is 1. The summed E-state index contributed by atoms with van der Waals surface area (Å²) in [5.41, 5.74) is 10.6. The third-order valence-corrected chi connectivity index (χ3v) is 6.31. The van der Waals surface area contributed by atoms with Crippen molar-refractivity contribution >= 4 is 17.3 Å². The van der Waals surface area contributed by atoms with Gasteiger partial charge in [0.2, 0.25) is 5.95 Å². The van der Waals surface area contributed by atoms with E-state index >= 15 is 0 Å². The van der Waals surface area contributed by atoms with E-state index in [4.69, 9.17) is 10.5 Å². The number of piperidine rings is 1. The summed E-state index contributed by atoms with van der Waals surface area (Å²) in [5, 5.41) is 7.59. The number of hydrogen-bond donors (Lipinski definition) is 2. The van der Waals surface area contributed by atoms with E-state index in [-0.39, 0.29) is 0 Å². The Bertz CT molecular complexity index is 1130. The molecule has 3 heterocycles. The number of methoxy groups -OCH3 is 1. The van der Waals surface area contributed by atoms with Crippen LogP contribution < -0.4 is 20.7 Å². The fraction of sp³-hybridized carbons (Fsp3) is 0.400. The highest BCUT2D eigenvalue weighted by Gasteiger charge is 2.23. The number of nitrogens with two attached hydrogens (primary N) is 1. The Morgan fingerprint density at radius 1 is 1.26 bits per heavy atom. The number of rotatable bonds is 8. The van der Waals surface area contributed by atoms with Gasteiger partial charge in [0.05, 0.1) is 24.7 Å². The molecule has 3 N–H and O–H groups in total. The van der Waals surface area contributed by atoms with Gasteiger partial charge in [-0.3, -0.25) is 4.68 Å². The number of allylic oxidation sites excluding steroid dienone is 1. The Balaban J connectivity index is 1.63. The molecule has 1 fully saturated rings. The Morgan fingerprint density at radius 2 is 2.06 bits per heavy atom. The number of ether oxygens (including phenoxy) is 1. The Labute approximate surface area is 201 Å². The van der Waals surface area contributed by atoms with Gasteiger partial charge in [0.15, 0.2) is 0 Å². The Hall–Kier alpha value is -3.59. The maximum absolute atomic E-state index is 5.78. The van der Waals surface area contributed by atoms with Gasteiger partial charge in [-0.05, 0) is 57.3 Å². The zero-order valence-electron chi connectivity index (χ0n) is 20.4. The van der Waals surface area contributed by atoms with Crippen LogP contribution in [0.3, 0.4) is 0 Å². The first-order valence-corrected chi connectivity index (χ1v) is 11.6. The van der Waals surface area contributed by atoms with Crippen LogP contribution in [0.25, 0.3) is 11.3 Å². The first-order chi connectivity index (χ1) is 16.5. The third kappa shape index (κ3) is 5.31. The van der Waals surface area contributed by atoms with Crippen molar-refractivity contribution in [3.05, 3.63) is 54.6 Å². The smallest absolute Gasteiger partial charge is 0.227 e. The second-order valence-corrected chi connectivity index (χ2v) is 8.79. The molecule has 9 nitrogen and oxygen atoms in total. The molecule has 1 aliphatic heterocycles. The van der Waals surface area contributed by atoms with Crippen molar-refractivity contribution in [2.45, 2.75) is 25.3 Å². The van der Waals surface area contributed by atoms with Crippen LogP contribution in [0.4, 0.5) is 17.3 Å². The largest absolute Gasteiger partial charge is 0.494 e. The maximum Gasteiger partial charge on any atom is 0.227 e. The molecule has 1 saturated heterocycles. The maximum atomic E-state index is 5.78. The second-order valence-electron chi connectivity index (χ2n) is 8.79. The van der Waals surface area contributed by atoms with Crippen molar-refractivity contribution in [1.29, 1.82) is 0 Å². The van der Waals surface area contributed by atoms with Gasteiger partial charge in [0.25, 0.3) is 0 Å². The highest BCUT2D eigenvalue weighted by Crippen LogP contribution is 2.37. The third-order valence-electron chi connectivity index (χ3n) is 6.31. The number of nitrogens with zero attached hydrogens (tertiary/aromatic N) is 6. The predicted molar refractivity (Wildman–Crippen MR) is 136 cm³/mol. The summed E-state index contributed by atoms with van der Waals surface area (Å²) in [5.74, 6) is 1.25. The monoisotopic (exact) mass is 462 g/mol. The van der Waals surface area contributed by atoms with E-state index in [0.717, 1.165) is 55.0 Å². The Morgan fingerprint density at radius 3 is 2.71 bits per heavy atom. The molecule has 0 bridgehead atoms. The zero-order chi connectivity index (χ0) is 24.1. The van der Waals surface area contributed by atoms with E-state index in [9.17, 15) is 0 Å². The lowest BCUT2D eigenvalue weighted by Crippen LogP contribution is -2.42. The topological polar surface area (TPSA) is 97.4 Å². The molecule has 0 atom stereocenters. The van der Waals surface area contributed by atoms with Crippen LogP contribution in [0.5, 0.6) is 5.75 Å². The summed E-state index contributed by atoms with van der Waals surface area (Å²) in [4.78, 5) is 13.9. The van der Waals surface area contributed by atoms with Gasteiger partial charge in [0.1, 0.15) is 5.75 Å². The molecule has 9 heteroatoms. The molecule has 4 rings (SSSR count). The van der Waals surface area contributed by atoms with Gasteiger partial charge >= 0.3 is 0 Å². The highest BCUT2D eigenvalue weighted by molar-refractivity contribution is 5.72. The van der Waals surface area contributed by atoms with Crippen molar-refractivity contribution in [3.63, 3.8) is 0 Å². The number of aryl methyl sites for hydroxylation is 1. The second kappa shape index (κ2) is 10.6. The van der Waals surface area contributed by atoms with Gasteiger partial charge in [-0.25, -0.2) is 9.97 Å². The van der Waals surface area contributed by atoms with Gasteiger partial charge in [0, 0.05) is 55.9 Å². The summed E-state index contributed by atoms with van der Waals surface area (Å²) in [6, 6.07) is 6.72. The van der Waals surface area contributed by atoms with E-state index in [0.29, 0.717) is 12.0 Å². The van der Waals surface area contributed by atoms with Gasteiger partial charge < -0.3 is 25.6 Å². The fourth-order valence-corrected chi connectivity index (χ4v) is 4.41. The molecular weight excluding hydrogens is 428 g/mol. The van der Waals surface area contributed by atoms with Crippen molar-refractivity contribution in [1.82, 2.24) is 24.6 Å². The normalized spacial score (nSPS) is 14.8. The van der Waals surface area contributed by atoms with Crippen LogP contribution in [0.15, 0.2) is 49.1 Å². The van der Waals surface area contributed by atoms with Crippen molar-refractivity contribution < 1.29 is 4.74 Å². The first-order valence-electron chi connectivity index (χ1n) is 11.6. The van der Waals surface area contributed by atoms with Crippen LogP contribution in [-0.4, -0.2) is 65.0 Å². The average Bonchev–Trinajstić information content (AvgIpc) is 3.29. The first kappa shape index (κ1) is 23.6. The fourth-order valence-electron chi connectivity index (χ4n) is 4.41. The minimum absolute atomic E-state index is 0.500. The molecule has 1 aliphatic rings. The highest BCUT2D eigenvalue weighted by atomic mass is 16.5. The van der Waals surface area contributed by atoms with Crippen LogP contribution >= 0.6 is 0 Å². The van der Waals surface area contributed by atoms with E-state index in [1.54, 1.807) is 30.4 Å². The number of aromatic nitrogens is 4. The quantitative estimate of drug-likeness (QED) is 0.527. The van der Waals surface area contributed by atoms with Crippen LogP contribution in [0, 0.1) is 0 Å². The van der Waals surface area contributed by atoms with E-state index in [1.807, 2.05) is 25.4 Å². The van der Waals surface area contributed by atoms with Crippen molar-refractivity contribution in [2.75, 3.05) is 44.5 Å². The number of nitrogens with one attached hydrogen (secondary N) is 1. The molecule has 34 heavy (non-hydrogen) atoms. The standard InChI is InChI=1S/C25H34N8O/c1-31(2)20-8-12-33(13-9-20)23-15-24(34-4)22(14-18(23)6-5-10-26)30-25-27-11-7-21(29-25)19-16-28-32(3)17-19/h5,7,10-11,14-17,20H,6,8-9,12-13,26H2,1-4H3,(H,27,29,30). The van der Waals surface area contributed by atoms with Crippen LogP contribution in [-0.2, 0) is 13.5 Å². The Kier molecular flexibility index (Phi) is 7.32. The molecule has 1 aromatic carbocycles. The lowest BCUT2D eigenvalue weighted by atomic mass is 10.0. The van der Waals surface area contributed by atoms with E-state index in [1.165, 1.54) is 11.3 Å². The molecule has 0 radical (unpaired) electrons. The summed E-state index contributed by atoms with van der Waals surface area (Å²) < 4.78 is 7.53. The van der Waals surface area contributed by atoms with E-state index < -0.39 is 0 Å². The lowest BCUT2D eigenvalue weighted by molar-refractivity contribution is 0.249. The molecule has 0 spiro atoms. The van der Waals surface area contributed by atoms with Gasteiger partial charge in [-0.2, -0.15) is 5.10 Å². The molecule has 0 aliphatic carbocycles. The van der Waals surface area contributed by atoms with Crippen molar-refractivity contribution in [2.24, 2.45) is 12.8 Å². The minimum Gasteiger partial charge on any atom is -0.494 e. The molecule has 180 valence electrons. The molecule has 3 aromatic rings. The lowest BCUT2D eigenvalue weighted by Gasteiger charge is -2.37. The molecule has 0 amide bonds. The van der Waals surface area contributed by atoms with Gasteiger partial charge in [-0.15, -0.1) is 0 Å². The number of hydrogen-bond acceptors (Lipinski definition) is 8. The predicted octanol–water partition coefficient (Wildman–Crippen LogP) is 3.17. The molecular formula is C25H34N8O. The SMILES string of the molecule is COc1cc(N2CCC(N(C)C)CC2)c(CC=CN)cc1Nc1nccc(-c2cnn(C)c2)n1. The summed E-state index contributed by atoms with van der Waals surface area (Å²) in [6.07, 6.45) is 12.0. The molecule has 2 aromatic heterocycles. The summed E-state index contributed by atoms with van der Waals surface area (Å²) >= 11 is 0. The summed E-state index contributed by atoms with van der Waals surface area (Å²) in [7, 11) is 7.89.